The second kappa shape index (κ2) is 11.2. The van der Waals surface area contributed by atoms with Crippen LogP contribution in [0.25, 0.3) is 11.1 Å². The third-order valence-electron chi connectivity index (χ3n) is 4.60. The van der Waals surface area contributed by atoms with Crippen LogP contribution < -0.4 is 4.74 Å². The summed E-state index contributed by atoms with van der Waals surface area (Å²) in [5.41, 5.74) is -1.52. The van der Waals surface area contributed by atoms with Gasteiger partial charge in [0.05, 0.1) is 0 Å². The Morgan fingerprint density at radius 3 is 2.18 bits per heavy atom. The maximum absolute atomic E-state index is 15.0. The molecule has 0 heterocycles. The lowest BCUT2D eigenvalue weighted by atomic mass is 10.0. The van der Waals surface area contributed by atoms with Gasteiger partial charge in [0.25, 0.3) is 0 Å². The molecule has 0 saturated heterocycles. The van der Waals surface area contributed by atoms with E-state index in [1.165, 1.54) is 30.3 Å². The van der Waals surface area contributed by atoms with Crippen molar-refractivity contribution in [1.29, 1.82) is 10.5 Å². The van der Waals surface area contributed by atoms with Crippen LogP contribution in [-0.2, 0) is 4.74 Å². The first-order valence-corrected chi connectivity index (χ1v) is 11.7. The molecule has 172 valence electrons. The first kappa shape index (κ1) is 25.3. The average Bonchev–Trinajstić information content (AvgIpc) is 2.84. The van der Waals surface area contributed by atoms with Crippen LogP contribution in [0.3, 0.4) is 0 Å². The summed E-state index contributed by atoms with van der Waals surface area (Å²) < 4.78 is 55.0. The Hall–Kier alpha value is -3.34. The van der Waals surface area contributed by atoms with Gasteiger partial charge in [-0.2, -0.15) is 14.9 Å². The predicted octanol–water partition coefficient (Wildman–Crippen LogP) is 6.97. The lowest BCUT2D eigenvalue weighted by Gasteiger charge is -2.18. The molecule has 0 aromatic heterocycles. The van der Waals surface area contributed by atoms with E-state index in [4.69, 9.17) is 14.7 Å². The van der Waals surface area contributed by atoms with Gasteiger partial charge in [0.2, 0.25) is 11.6 Å². The van der Waals surface area contributed by atoms with Crippen molar-refractivity contribution < 1.29 is 27.4 Å². The lowest BCUT2D eigenvalue weighted by Crippen LogP contribution is -2.14. The van der Waals surface area contributed by atoms with Crippen LogP contribution in [0.1, 0.15) is 27.9 Å². The van der Waals surface area contributed by atoms with Crippen LogP contribution in [-0.4, -0.2) is 16.3 Å². The molecule has 1 unspecified atom stereocenters. The van der Waals surface area contributed by atoms with Crippen molar-refractivity contribution in [3.63, 3.8) is 0 Å². The van der Waals surface area contributed by atoms with Crippen molar-refractivity contribution in [3.8, 4) is 34.8 Å². The minimum Gasteiger partial charge on any atom is -0.449 e. The number of para-hydroxylation sites is 1. The van der Waals surface area contributed by atoms with E-state index in [0.717, 1.165) is 0 Å². The number of ether oxygens (including phenoxy) is 2. The van der Waals surface area contributed by atoms with Gasteiger partial charge in [-0.05, 0) is 27.6 Å². The molecule has 3 aromatic rings. The number of carbonyl (C=O) groups is 1. The summed E-state index contributed by atoms with van der Waals surface area (Å²) in [6.45, 7) is 0. The maximum Gasteiger partial charge on any atom is 0.343 e. The third-order valence-corrected chi connectivity index (χ3v) is 5.70. The van der Waals surface area contributed by atoms with Crippen molar-refractivity contribution in [1.82, 2.24) is 0 Å². The molecule has 0 aliphatic carbocycles. The largest absolute Gasteiger partial charge is 0.449 e. The highest BCUT2D eigenvalue weighted by Crippen LogP contribution is 2.40. The molecule has 0 fully saturated rings. The highest BCUT2D eigenvalue weighted by molar-refractivity contribution is 9.10. The lowest BCUT2D eigenvalue weighted by molar-refractivity contribution is 0.0463. The average molecular weight is 594 g/mol. The number of halogens is 5. The van der Waals surface area contributed by atoms with Crippen molar-refractivity contribution in [2.75, 3.05) is 5.33 Å². The van der Waals surface area contributed by atoms with E-state index in [0.29, 0.717) is 17.3 Å². The summed E-state index contributed by atoms with van der Waals surface area (Å²) in [6, 6.07) is 15.5. The number of nitrogens with zero attached hydrogens (tertiary/aromatic N) is 2. The molecular formula is C24H13Br2F3N2O3. The Bertz CT molecular complexity index is 1320. The van der Waals surface area contributed by atoms with Gasteiger partial charge in [-0.15, -0.1) is 0 Å². The molecule has 0 aliphatic rings. The summed E-state index contributed by atoms with van der Waals surface area (Å²) >= 11 is 6.44. The third kappa shape index (κ3) is 5.09. The highest BCUT2D eigenvalue weighted by Gasteiger charge is 2.29. The number of benzene rings is 3. The molecule has 0 N–H and O–H groups in total. The Balaban J connectivity index is 2.23. The highest BCUT2D eigenvalue weighted by atomic mass is 79.9. The number of rotatable bonds is 7. The van der Waals surface area contributed by atoms with Crippen LogP contribution >= 0.6 is 31.9 Å². The molecule has 0 bridgehead atoms. The minimum absolute atomic E-state index is 0.192. The molecule has 0 radical (unpaired) electrons. The van der Waals surface area contributed by atoms with Crippen LogP contribution in [0.4, 0.5) is 13.2 Å². The Kier molecular flexibility index (Phi) is 8.32. The quantitative estimate of drug-likeness (QED) is 0.168. The number of hydrogen-bond acceptors (Lipinski definition) is 5. The standard InChI is InChI=1S/C24H13Br2F3N2O3/c25-10-9-18(26)33-24(32)15-8-4-7-14(13-5-2-1-3-6-13)22(15)34-23-20(28)17(12-31)16(11-30)19(27)21(23)29/h1-8,18H,9-10H2. The first-order chi connectivity index (χ1) is 16.3. The fourth-order valence-electron chi connectivity index (χ4n) is 3.02. The molecule has 0 saturated carbocycles. The van der Waals surface area contributed by atoms with E-state index in [1.807, 2.05) is 0 Å². The topological polar surface area (TPSA) is 83.1 Å². The zero-order valence-corrected chi connectivity index (χ0v) is 20.3. The van der Waals surface area contributed by atoms with Crippen molar-refractivity contribution in [3.05, 3.63) is 82.7 Å². The van der Waals surface area contributed by atoms with E-state index in [1.54, 1.807) is 30.3 Å². The SMILES string of the molecule is N#Cc1c(F)c(F)c(Oc2c(C(=O)OC(Br)CCBr)cccc2-c2ccccc2)c(F)c1C#N. The summed E-state index contributed by atoms with van der Waals surface area (Å²) in [4.78, 5) is 12.9. The van der Waals surface area contributed by atoms with Crippen LogP contribution in [0, 0.1) is 40.1 Å². The summed E-state index contributed by atoms with van der Waals surface area (Å²) in [5.74, 6) is -7.57. The van der Waals surface area contributed by atoms with Gasteiger partial charge in [0.1, 0.15) is 34.6 Å². The van der Waals surface area contributed by atoms with Gasteiger partial charge in [-0.3, -0.25) is 0 Å². The molecule has 0 amide bonds. The van der Waals surface area contributed by atoms with E-state index in [2.05, 4.69) is 31.9 Å². The molecule has 0 spiro atoms. The van der Waals surface area contributed by atoms with Crippen LogP contribution in [0.2, 0.25) is 0 Å². The van der Waals surface area contributed by atoms with E-state index in [9.17, 15) is 23.2 Å². The molecule has 0 aliphatic heterocycles. The fraction of sp³-hybridized carbons (Fsp3) is 0.125. The predicted molar refractivity (Wildman–Crippen MR) is 124 cm³/mol. The van der Waals surface area contributed by atoms with Gasteiger partial charge < -0.3 is 9.47 Å². The van der Waals surface area contributed by atoms with Gasteiger partial charge in [-0.1, -0.05) is 58.4 Å². The smallest absolute Gasteiger partial charge is 0.343 e. The normalized spacial score (nSPS) is 11.3. The zero-order valence-electron chi connectivity index (χ0n) is 17.1. The van der Waals surface area contributed by atoms with E-state index in [-0.39, 0.29) is 16.9 Å². The van der Waals surface area contributed by atoms with Gasteiger partial charge in [0.15, 0.2) is 16.6 Å². The second-order valence-electron chi connectivity index (χ2n) is 6.69. The summed E-state index contributed by atoms with van der Waals surface area (Å²) in [5, 5.41) is 18.1. The number of esters is 1. The summed E-state index contributed by atoms with van der Waals surface area (Å²) in [6.07, 6.45) is 0.427. The van der Waals surface area contributed by atoms with Crippen molar-refractivity contribution in [2.45, 2.75) is 11.4 Å². The maximum atomic E-state index is 15.0. The molecule has 3 aromatic carbocycles. The van der Waals surface area contributed by atoms with Crippen molar-refractivity contribution >= 4 is 37.8 Å². The Morgan fingerprint density at radius 2 is 1.56 bits per heavy atom. The molecule has 5 nitrogen and oxygen atoms in total. The molecule has 34 heavy (non-hydrogen) atoms. The number of nitriles is 2. The van der Waals surface area contributed by atoms with Gasteiger partial charge in [0, 0.05) is 17.3 Å². The number of alkyl halides is 2. The summed E-state index contributed by atoms with van der Waals surface area (Å²) in [7, 11) is 0. The first-order valence-electron chi connectivity index (χ1n) is 9.61. The van der Waals surface area contributed by atoms with Crippen molar-refractivity contribution in [2.24, 2.45) is 0 Å². The minimum atomic E-state index is -1.81. The van der Waals surface area contributed by atoms with Crippen LogP contribution in [0.15, 0.2) is 48.5 Å². The van der Waals surface area contributed by atoms with Gasteiger partial charge in [-0.25, -0.2) is 13.6 Å². The monoisotopic (exact) mass is 592 g/mol. The molecule has 10 heteroatoms. The Labute approximate surface area is 209 Å². The second-order valence-corrected chi connectivity index (χ2v) is 8.50. The van der Waals surface area contributed by atoms with Gasteiger partial charge >= 0.3 is 5.97 Å². The molecule has 1 atom stereocenters. The van der Waals surface area contributed by atoms with E-state index >= 15 is 0 Å². The van der Waals surface area contributed by atoms with E-state index < -0.39 is 45.3 Å². The fourth-order valence-corrected chi connectivity index (χ4v) is 4.45. The molecular weight excluding hydrogens is 581 g/mol. The molecule has 3 rings (SSSR count). The number of hydrogen-bond donors (Lipinski definition) is 0. The van der Waals surface area contributed by atoms with Crippen LogP contribution in [0.5, 0.6) is 11.5 Å². The Morgan fingerprint density at radius 1 is 0.912 bits per heavy atom. The zero-order chi connectivity index (χ0) is 24.8. The number of carbonyl (C=O) groups excluding carboxylic acids is 1.